The van der Waals surface area contributed by atoms with E-state index in [0.717, 1.165) is 96.3 Å². The summed E-state index contributed by atoms with van der Waals surface area (Å²) < 4.78 is 68.8. The zero-order valence-corrected chi connectivity index (χ0v) is 70.0. The molecule has 0 saturated heterocycles. The van der Waals surface area contributed by atoms with Gasteiger partial charge in [0, 0.05) is 25.7 Å². The summed E-state index contributed by atoms with van der Waals surface area (Å²) in [6, 6.07) is 0. The van der Waals surface area contributed by atoms with E-state index in [2.05, 4.69) is 34.6 Å². The molecule has 0 heterocycles. The van der Waals surface area contributed by atoms with Gasteiger partial charge in [0.15, 0.2) is 12.2 Å². The smallest absolute Gasteiger partial charge is 0.462 e. The van der Waals surface area contributed by atoms with Gasteiger partial charge in [-0.2, -0.15) is 0 Å². The van der Waals surface area contributed by atoms with E-state index in [9.17, 15) is 43.2 Å². The summed E-state index contributed by atoms with van der Waals surface area (Å²) in [6.45, 7) is 7.28. The minimum Gasteiger partial charge on any atom is -0.462 e. The van der Waals surface area contributed by atoms with Crippen LogP contribution < -0.4 is 0 Å². The van der Waals surface area contributed by atoms with Gasteiger partial charge in [-0.3, -0.25) is 37.3 Å². The number of hydrogen-bond acceptors (Lipinski definition) is 15. The second-order valence-corrected chi connectivity index (χ2v) is 34.0. The summed E-state index contributed by atoms with van der Waals surface area (Å²) >= 11 is 0. The fourth-order valence-electron chi connectivity index (χ4n) is 13.3. The van der Waals surface area contributed by atoms with E-state index in [-0.39, 0.29) is 25.7 Å². The van der Waals surface area contributed by atoms with Gasteiger partial charge in [0.1, 0.15) is 19.3 Å². The van der Waals surface area contributed by atoms with Crippen LogP contribution in [0.1, 0.15) is 458 Å². The van der Waals surface area contributed by atoms with E-state index in [1.807, 2.05) is 0 Å². The number of ether oxygens (including phenoxy) is 4. The Morgan fingerprint density at radius 3 is 0.654 bits per heavy atom. The first kappa shape index (κ1) is 102. The number of phosphoric acid groups is 2. The molecule has 0 saturated carbocycles. The third-order valence-electron chi connectivity index (χ3n) is 20.0. The summed E-state index contributed by atoms with van der Waals surface area (Å²) in [4.78, 5) is 73.1. The van der Waals surface area contributed by atoms with Crippen molar-refractivity contribution in [1.29, 1.82) is 0 Å². The predicted octanol–water partition coefficient (Wildman–Crippen LogP) is 26.0. The van der Waals surface area contributed by atoms with Crippen LogP contribution >= 0.6 is 15.6 Å². The number of esters is 4. The molecule has 3 N–H and O–H groups in total. The predicted molar refractivity (Wildman–Crippen MR) is 428 cm³/mol. The topological polar surface area (TPSA) is 237 Å². The van der Waals surface area contributed by atoms with Crippen molar-refractivity contribution in [2.24, 2.45) is 5.92 Å². The molecule has 2 unspecified atom stereocenters. The van der Waals surface area contributed by atoms with Crippen molar-refractivity contribution in [2.75, 3.05) is 39.6 Å². The first-order chi connectivity index (χ1) is 50.5. The molecule has 0 radical (unpaired) electrons. The highest BCUT2D eigenvalue weighted by molar-refractivity contribution is 7.47. The minimum atomic E-state index is -4.96. The van der Waals surface area contributed by atoms with Crippen LogP contribution in [0.5, 0.6) is 0 Å². The van der Waals surface area contributed by atoms with Gasteiger partial charge < -0.3 is 33.8 Å². The fraction of sp³-hybridized carbons (Fsp3) is 0.953. The molecule has 0 aliphatic rings. The number of hydrogen-bond donors (Lipinski definition) is 3. The van der Waals surface area contributed by atoms with Crippen LogP contribution in [0.25, 0.3) is 0 Å². The number of rotatable bonds is 85. The lowest BCUT2D eigenvalue weighted by Gasteiger charge is -2.21. The van der Waals surface area contributed by atoms with Crippen LogP contribution in [0.3, 0.4) is 0 Å². The van der Waals surface area contributed by atoms with Gasteiger partial charge in [-0.25, -0.2) is 9.13 Å². The Hall–Kier alpha value is -1.94. The van der Waals surface area contributed by atoms with Gasteiger partial charge in [-0.05, 0) is 31.6 Å². The third kappa shape index (κ3) is 78.2. The summed E-state index contributed by atoms with van der Waals surface area (Å²) in [5, 5.41) is 10.7. The van der Waals surface area contributed by atoms with Crippen molar-refractivity contribution in [2.45, 2.75) is 477 Å². The molecule has 104 heavy (non-hydrogen) atoms. The maximum absolute atomic E-state index is 13.1. The van der Waals surface area contributed by atoms with Crippen molar-refractivity contribution >= 4 is 39.5 Å². The molecule has 17 nitrogen and oxygen atoms in total. The quantitative estimate of drug-likeness (QED) is 0.0222. The lowest BCUT2D eigenvalue weighted by Crippen LogP contribution is -2.30. The van der Waals surface area contributed by atoms with E-state index in [1.54, 1.807) is 0 Å². The first-order valence-corrected chi connectivity index (χ1v) is 47.1. The van der Waals surface area contributed by atoms with Gasteiger partial charge in [0.2, 0.25) is 0 Å². The Morgan fingerprint density at radius 2 is 0.442 bits per heavy atom. The molecule has 0 bridgehead atoms. The molecule has 618 valence electrons. The van der Waals surface area contributed by atoms with Crippen molar-refractivity contribution in [3.05, 3.63) is 0 Å². The Kier molecular flexibility index (Phi) is 76.3. The van der Waals surface area contributed by atoms with E-state index >= 15 is 0 Å². The molecule has 0 amide bonds. The Bertz CT molecular complexity index is 1980. The second-order valence-electron chi connectivity index (χ2n) is 31.1. The maximum Gasteiger partial charge on any atom is 0.472 e. The van der Waals surface area contributed by atoms with Crippen molar-refractivity contribution in [3.8, 4) is 0 Å². The van der Waals surface area contributed by atoms with Crippen molar-refractivity contribution < 1.29 is 80.2 Å². The number of unbranched alkanes of at least 4 members (excludes halogenated alkanes) is 57. The van der Waals surface area contributed by atoms with Crippen LogP contribution in [-0.2, 0) is 65.4 Å². The lowest BCUT2D eigenvalue weighted by molar-refractivity contribution is -0.161. The van der Waals surface area contributed by atoms with Crippen LogP contribution in [0.2, 0.25) is 0 Å². The number of aliphatic hydroxyl groups is 1. The minimum absolute atomic E-state index is 0.108. The zero-order chi connectivity index (χ0) is 76.2. The molecule has 0 aromatic rings. The average molecular weight is 1520 g/mol. The highest BCUT2D eigenvalue weighted by Crippen LogP contribution is 2.45. The highest BCUT2D eigenvalue weighted by atomic mass is 31.2. The van der Waals surface area contributed by atoms with E-state index in [1.165, 1.54) is 276 Å². The van der Waals surface area contributed by atoms with Crippen LogP contribution in [0.15, 0.2) is 0 Å². The second kappa shape index (κ2) is 77.8. The molecule has 0 fully saturated rings. The largest absolute Gasteiger partial charge is 0.472 e. The van der Waals surface area contributed by atoms with Gasteiger partial charge >= 0.3 is 39.5 Å². The molecule has 5 atom stereocenters. The Balaban J connectivity index is 5.21. The Morgan fingerprint density at radius 1 is 0.260 bits per heavy atom. The molecule has 0 rings (SSSR count). The normalized spacial score (nSPS) is 13.8. The SMILES string of the molecule is CCCCCCCCCCCCCCCCCCCCCC(=O)O[C@H](COC(=O)CCCCCCCCCCCCCCCCCCCC)COP(=O)(O)OC[C@@H](O)COP(=O)(O)OC[C@@H](COC(=O)CCCCCCCCC(C)C)OC(=O)CCCCCCCCCCCCCCCCCCCC. The fourth-order valence-corrected chi connectivity index (χ4v) is 14.9. The van der Waals surface area contributed by atoms with Gasteiger partial charge in [-0.15, -0.1) is 0 Å². The highest BCUT2D eigenvalue weighted by Gasteiger charge is 2.30. The molecular formula is C85H166O17P2. The molecule has 0 aliphatic carbocycles. The number of phosphoric ester groups is 2. The molecule has 19 heteroatoms. The van der Waals surface area contributed by atoms with Crippen molar-refractivity contribution in [3.63, 3.8) is 0 Å². The van der Waals surface area contributed by atoms with Gasteiger partial charge in [-0.1, -0.05) is 407 Å². The number of aliphatic hydroxyl groups excluding tert-OH is 1. The van der Waals surface area contributed by atoms with Gasteiger partial charge in [0.25, 0.3) is 0 Å². The molecule has 0 spiro atoms. The van der Waals surface area contributed by atoms with Crippen LogP contribution in [0, 0.1) is 5.92 Å². The van der Waals surface area contributed by atoms with Crippen LogP contribution in [-0.4, -0.2) is 96.7 Å². The van der Waals surface area contributed by atoms with Crippen LogP contribution in [0.4, 0.5) is 0 Å². The maximum atomic E-state index is 13.1. The molecular weight excluding hydrogens is 1350 g/mol. The molecule has 0 aliphatic heterocycles. The summed E-state index contributed by atoms with van der Waals surface area (Å²) in [5.74, 6) is -1.42. The van der Waals surface area contributed by atoms with E-state index in [4.69, 9.17) is 37.0 Å². The monoisotopic (exact) mass is 1520 g/mol. The number of carbonyl (C=O) groups is 4. The third-order valence-corrected chi connectivity index (χ3v) is 21.9. The molecule has 0 aromatic heterocycles. The van der Waals surface area contributed by atoms with E-state index < -0.39 is 97.5 Å². The first-order valence-electron chi connectivity index (χ1n) is 44.1. The van der Waals surface area contributed by atoms with Gasteiger partial charge in [0.05, 0.1) is 26.4 Å². The summed E-state index contributed by atoms with van der Waals surface area (Å²) in [7, 11) is -9.92. The average Bonchev–Trinajstić information content (AvgIpc) is 0.972. The van der Waals surface area contributed by atoms with E-state index in [0.29, 0.717) is 31.6 Å². The Labute approximate surface area is 638 Å². The van der Waals surface area contributed by atoms with Crippen molar-refractivity contribution in [1.82, 2.24) is 0 Å². The standard InChI is InChI=1S/C85H166O17P2/c1-6-9-12-15-18-21-24-27-30-33-36-39-42-45-48-51-54-61-65-70-84(89)101-80(74-95-82(87)68-63-58-52-49-46-43-40-37-34-31-28-25-22-19-16-13-10-7-2)76-99-103(91,92)97-72-79(86)73-98-104(93,94)100-77-81(75-96-83(88)69-64-59-56-55-57-62-67-78(4)5)102-85(90)71-66-60-53-50-47-44-41-38-35-32-29-26-23-20-17-14-11-8-3/h78-81,86H,6-77H2,1-5H3,(H,91,92)(H,93,94)/t79-,80-,81-/m1/s1. The summed E-state index contributed by atoms with van der Waals surface area (Å²) in [5.41, 5.74) is 0. The lowest BCUT2D eigenvalue weighted by atomic mass is 10.0. The summed E-state index contributed by atoms with van der Waals surface area (Å²) in [6.07, 6.45) is 71.0. The zero-order valence-electron chi connectivity index (χ0n) is 68.2. The molecule has 0 aromatic carbocycles. The number of carbonyl (C=O) groups excluding carboxylic acids is 4.